The van der Waals surface area contributed by atoms with E-state index >= 15 is 0 Å². The molecule has 0 amide bonds. The molecule has 3 fully saturated rings. The molecule has 9 rings (SSSR count). The Balaban J connectivity index is 0.888. The summed E-state index contributed by atoms with van der Waals surface area (Å²) >= 11 is 4.77. The first-order valence-corrected chi connectivity index (χ1v) is 29.0. The fraction of sp³-hybridized carbons (Fsp3) is 0.559. The van der Waals surface area contributed by atoms with Crippen molar-refractivity contribution in [2.45, 2.75) is 67.1 Å². The molecule has 14 N–H and O–H groups in total. The Kier molecular flexibility index (Phi) is 15.6. The Morgan fingerprint density at radius 2 is 1.37 bits per heavy atom. The molecule has 6 aromatic heterocycles. The molecule has 16 atom stereocenters. The van der Waals surface area contributed by atoms with Crippen LogP contribution in [0, 0.1) is 5.92 Å². The van der Waals surface area contributed by atoms with Crippen molar-refractivity contribution in [2.75, 3.05) is 57.8 Å². The number of rotatable bonds is 20. The molecule has 0 spiro atoms. The number of aryl methyl sites for hydroxylation is 1. The molecule has 6 aromatic rings. The van der Waals surface area contributed by atoms with Gasteiger partial charge in [-0.3, -0.25) is 42.3 Å². The van der Waals surface area contributed by atoms with Crippen LogP contribution in [-0.4, -0.2) is 173 Å². The van der Waals surface area contributed by atoms with E-state index in [-0.39, 0.29) is 57.8 Å². The average molecular weight is 1170 g/mol. The van der Waals surface area contributed by atoms with Crippen LogP contribution < -0.4 is 37.8 Å². The Labute approximate surface area is 428 Å². The maximum Gasteiger partial charge on any atom is 0.479 e. The molecule has 0 aromatic carbocycles. The SMILES string of the molecule is COC[C@H]1[C@@H](O)[C@H]([n+]2cn(C)c3c(=O)[nH]c(N)nc32)O[C@@H]1COP(=O)(O)OP(O)(=S)OP(=O)(O)OCC1O[C@@H](n2cnc3c(N)ncnc32)[C@H](OC)[C@@H]1P(=O)([O-])OC[C@H]1O[C@@H](n2cnc3c(=O)[nH]c(N)nc32)[C@H](O)[C@@H]1O. The predicted molar refractivity (Wildman–Crippen MR) is 252 cm³/mol. The number of aliphatic hydroxyl groups excluding tert-OH is 3. The first-order valence-electron chi connectivity index (χ1n) is 21.8. The molecule has 3 aliphatic heterocycles. The highest BCUT2D eigenvalue weighted by Crippen LogP contribution is 2.68. The van der Waals surface area contributed by atoms with Crippen LogP contribution in [0.4, 0.5) is 17.7 Å². The minimum atomic E-state index is -5.79. The lowest BCUT2D eigenvalue weighted by Gasteiger charge is -2.35. The fourth-order valence-electron chi connectivity index (χ4n) is 8.96. The number of nitrogens with zero attached hydrogens (tertiary/aromatic N) is 10. The molecule has 416 valence electrons. The zero-order chi connectivity index (χ0) is 55.0. The monoisotopic (exact) mass is 1170 g/mol. The van der Waals surface area contributed by atoms with Crippen molar-refractivity contribution >= 4 is 93.0 Å². The summed E-state index contributed by atoms with van der Waals surface area (Å²) in [5.41, 5.74) is 13.8. The quantitative estimate of drug-likeness (QED) is 0.0255. The highest BCUT2D eigenvalue weighted by Gasteiger charge is 2.54. The third kappa shape index (κ3) is 10.9. The fourth-order valence-corrected chi connectivity index (χ4v) is 15.7. The van der Waals surface area contributed by atoms with E-state index in [1.165, 1.54) is 34.2 Å². The maximum atomic E-state index is 14.3. The Hall–Kier alpha value is -4.69. The lowest BCUT2D eigenvalue weighted by molar-refractivity contribution is -0.745. The highest BCUT2D eigenvalue weighted by atomic mass is 32.5. The number of ether oxygens (including phenoxy) is 5. The molecule has 76 heavy (non-hydrogen) atoms. The number of nitrogens with two attached hydrogens (primary N) is 3. The number of imidazole rings is 3. The smallest absolute Gasteiger partial charge is 0.479 e. The second-order valence-corrected chi connectivity index (χ2v) is 25.0. The van der Waals surface area contributed by atoms with Crippen LogP contribution in [0.2, 0.25) is 0 Å². The number of phosphoric acid groups is 2. The van der Waals surface area contributed by atoms with Gasteiger partial charge in [-0.15, -0.1) is 0 Å². The number of aromatic nitrogens is 12. The van der Waals surface area contributed by atoms with Crippen LogP contribution in [0.3, 0.4) is 0 Å². The second kappa shape index (κ2) is 21.2. The van der Waals surface area contributed by atoms with Gasteiger partial charge in [-0.25, -0.2) is 42.3 Å². The molecular weight excluding hydrogens is 1130 g/mol. The Bertz CT molecular complexity index is 3490. The van der Waals surface area contributed by atoms with Gasteiger partial charge in [0.25, 0.3) is 17.1 Å². The second-order valence-electron chi connectivity index (χ2n) is 17.1. The van der Waals surface area contributed by atoms with E-state index in [4.69, 9.17) is 66.3 Å². The number of fused-ring (bicyclic) bond motifs is 3. The van der Waals surface area contributed by atoms with Gasteiger partial charge in [0.05, 0.1) is 64.0 Å². The molecule has 9 heterocycles. The lowest BCUT2D eigenvalue weighted by atomic mass is 9.99. The number of aromatic amines is 2. The minimum absolute atomic E-state index is 0.00485. The number of hydrogen-bond acceptors (Lipinski definition) is 29. The maximum absolute atomic E-state index is 14.3. The van der Waals surface area contributed by atoms with Crippen LogP contribution in [0.1, 0.15) is 18.7 Å². The van der Waals surface area contributed by atoms with Crippen molar-refractivity contribution in [3.63, 3.8) is 0 Å². The summed E-state index contributed by atoms with van der Waals surface area (Å²) in [6.07, 6.45) is -11.1. The van der Waals surface area contributed by atoms with E-state index in [1.807, 2.05) is 0 Å². The van der Waals surface area contributed by atoms with Crippen LogP contribution in [0.25, 0.3) is 33.5 Å². The molecule has 0 radical (unpaired) electrons. The highest BCUT2D eigenvalue weighted by molar-refractivity contribution is 8.09. The number of phosphoric ester groups is 2. The third-order valence-electron chi connectivity index (χ3n) is 12.3. The molecule has 42 heteroatoms. The molecule has 3 aliphatic rings. The van der Waals surface area contributed by atoms with Gasteiger partial charge in [0.2, 0.25) is 17.7 Å². The van der Waals surface area contributed by atoms with Gasteiger partial charge in [-0.05, 0) is 11.8 Å². The summed E-state index contributed by atoms with van der Waals surface area (Å²) in [7, 11) is -13.0. The lowest BCUT2D eigenvalue weighted by Crippen LogP contribution is -2.45. The van der Waals surface area contributed by atoms with E-state index in [2.05, 4.69) is 48.5 Å². The van der Waals surface area contributed by atoms with E-state index in [1.54, 1.807) is 0 Å². The minimum Gasteiger partial charge on any atom is -0.778 e. The Morgan fingerprint density at radius 3 is 2.04 bits per heavy atom. The van der Waals surface area contributed by atoms with E-state index in [9.17, 15) is 58.2 Å². The van der Waals surface area contributed by atoms with Crippen LogP contribution in [0.15, 0.2) is 34.9 Å². The van der Waals surface area contributed by atoms with Crippen molar-refractivity contribution in [2.24, 2.45) is 13.0 Å². The molecular formula is C34H47N15O22P4S. The molecule has 0 saturated carbocycles. The molecule has 37 nitrogen and oxygen atoms in total. The van der Waals surface area contributed by atoms with Crippen LogP contribution >= 0.6 is 30.0 Å². The van der Waals surface area contributed by atoms with Gasteiger partial charge in [-0.2, -0.15) is 4.98 Å². The summed E-state index contributed by atoms with van der Waals surface area (Å²) in [6.45, 7) is -8.69. The number of methoxy groups -OCH3 is 2. The zero-order valence-electron chi connectivity index (χ0n) is 39.2. The number of aliphatic hydroxyl groups is 3. The molecule has 5 unspecified atom stereocenters. The van der Waals surface area contributed by atoms with Crippen molar-refractivity contribution < 1.29 is 99.0 Å². The molecule has 3 saturated heterocycles. The zero-order valence-corrected chi connectivity index (χ0v) is 43.6. The molecule has 0 bridgehead atoms. The van der Waals surface area contributed by atoms with Crippen molar-refractivity contribution in [1.29, 1.82) is 0 Å². The van der Waals surface area contributed by atoms with E-state index in [0.29, 0.717) is 0 Å². The Morgan fingerprint density at radius 1 is 0.763 bits per heavy atom. The van der Waals surface area contributed by atoms with Gasteiger partial charge in [0.15, 0.2) is 41.4 Å². The van der Waals surface area contributed by atoms with Crippen LogP contribution in [0.5, 0.6) is 0 Å². The number of H-pyrrole nitrogens is 2. The van der Waals surface area contributed by atoms with E-state index < -0.39 is 134 Å². The normalized spacial score (nSPS) is 30.2. The first-order chi connectivity index (χ1) is 35.7. The predicted octanol–water partition coefficient (Wildman–Crippen LogP) is -4.26. The van der Waals surface area contributed by atoms with Crippen LogP contribution in [-0.2, 0) is 78.4 Å². The summed E-state index contributed by atoms with van der Waals surface area (Å²) in [4.78, 5) is 100. The average Bonchev–Trinajstić information content (AvgIpc) is 4.21. The number of hydrogen-bond donors (Lipinski definition) is 11. The summed E-state index contributed by atoms with van der Waals surface area (Å²) < 4.78 is 99.3. The molecule has 0 aliphatic carbocycles. The number of anilines is 3. The third-order valence-corrected chi connectivity index (χ3v) is 19.6. The van der Waals surface area contributed by atoms with Gasteiger partial charge < -0.3 is 84.9 Å². The standard InChI is InChI=1S/C34H47N15O22P4S/c1-46-11-49(27-18(46)29(54)45-34(37)43-27)30-19(50)12(4-62-2)13(67-30)5-65-73(57,58)70-75(61,76)71-74(59,60)66-7-15-23(22(63-3)32(69-15)47-9-40-16-24(35)38-8-39-25(16)47)72(55,56)64-6-14-20(51)21(52)31(68-14)48-10-41-17-26(48)42-33(36)44-28(17)53/h8-15,19-23,30-32,50-52H,4-7H2,1-3H3,(H11-,35,36,37,38,39,42,43,44,45,53,54,55,56,57,58,59,60,61,76)/t12-,13-,14-,15?,19-,20-,21-,22-,23-,30-,31-,32-,75?/m1/s1. The topological polar surface area (TPSA) is 528 Å². The summed E-state index contributed by atoms with van der Waals surface area (Å²) in [6, 6.07) is 0. The first kappa shape index (κ1) is 56.0. The van der Waals surface area contributed by atoms with Crippen molar-refractivity contribution in [3.8, 4) is 0 Å². The van der Waals surface area contributed by atoms with Gasteiger partial charge in [0.1, 0.15) is 50.0 Å². The van der Waals surface area contributed by atoms with Gasteiger partial charge in [-0.1, -0.05) is 4.98 Å². The summed E-state index contributed by atoms with van der Waals surface area (Å²) in [5, 5.41) is 33.3. The van der Waals surface area contributed by atoms with Crippen molar-refractivity contribution in [1.82, 2.24) is 53.6 Å². The van der Waals surface area contributed by atoms with Gasteiger partial charge >= 0.3 is 28.0 Å². The summed E-state index contributed by atoms with van der Waals surface area (Å²) in [5.74, 6) is -1.63. The number of nitrogens with one attached hydrogen (secondary N) is 2. The number of nitrogen functional groups attached to an aromatic ring is 3. The van der Waals surface area contributed by atoms with E-state index in [0.717, 1.165) is 30.7 Å². The van der Waals surface area contributed by atoms with Crippen molar-refractivity contribution in [3.05, 3.63) is 46.0 Å². The van der Waals surface area contributed by atoms with Gasteiger partial charge in [0, 0.05) is 20.1 Å². The largest absolute Gasteiger partial charge is 0.778 e.